The summed E-state index contributed by atoms with van der Waals surface area (Å²) in [4.78, 5) is 11.8. The molecule has 1 N–H and O–H groups in total. The molecule has 0 atom stereocenters. The maximum absolute atomic E-state index is 13.4. The molecule has 29 heavy (non-hydrogen) atoms. The number of phenols is 1. The van der Waals surface area contributed by atoms with Crippen LogP contribution in [-0.2, 0) is 4.74 Å². The SMILES string of the molecule is O=C(OCCC(F)(F)C(F)(F)C(F)(F)C(F)(F)F)c1ccc2cc(O)ccc2c1. The third kappa shape index (κ3) is 4.20. The zero-order valence-electron chi connectivity index (χ0n) is 14.0. The molecule has 0 heterocycles. The molecular formula is C17H11F9O3. The number of ether oxygens (including phenoxy) is 1. The molecule has 3 nitrogen and oxygen atoms in total. The molecule has 0 saturated carbocycles. The van der Waals surface area contributed by atoms with Crippen LogP contribution in [0.15, 0.2) is 36.4 Å². The Kier molecular flexibility index (Phi) is 5.70. The first kappa shape index (κ1) is 22.6. The first-order chi connectivity index (χ1) is 13.1. The average molecular weight is 434 g/mol. The number of phenolic OH excluding ortho intramolecular Hbond substituents is 1. The number of halogens is 9. The molecule has 0 saturated heterocycles. The highest BCUT2D eigenvalue weighted by molar-refractivity contribution is 5.95. The summed E-state index contributed by atoms with van der Waals surface area (Å²) in [6, 6.07) is 7.72. The Bertz CT molecular complexity index is 907. The number of benzene rings is 2. The van der Waals surface area contributed by atoms with E-state index in [0.717, 1.165) is 6.07 Å². The molecule has 2 aromatic carbocycles. The molecule has 12 heteroatoms. The predicted octanol–water partition coefficient (Wildman–Crippen LogP) is 5.56. The number of hydrogen-bond acceptors (Lipinski definition) is 3. The summed E-state index contributed by atoms with van der Waals surface area (Å²) in [6.07, 6.45) is -9.17. The van der Waals surface area contributed by atoms with Crippen LogP contribution < -0.4 is 0 Å². The number of hydrogen-bond donors (Lipinski definition) is 1. The number of aromatic hydroxyl groups is 1. The van der Waals surface area contributed by atoms with Crippen molar-refractivity contribution in [3.63, 3.8) is 0 Å². The van der Waals surface area contributed by atoms with E-state index in [0.29, 0.717) is 10.8 Å². The Morgan fingerprint density at radius 3 is 1.97 bits per heavy atom. The van der Waals surface area contributed by atoms with E-state index < -0.39 is 42.9 Å². The van der Waals surface area contributed by atoms with Gasteiger partial charge in [-0.15, -0.1) is 0 Å². The fourth-order valence-electron chi connectivity index (χ4n) is 2.28. The van der Waals surface area contributed by atoms with Crippen LogP contribution in [0, 0.1) is 0 Å². The molecule has 0 aromatic heterocycles. The maximum Gasteiger partial charge on any atom is 0.460 e. The van der Waals surface area contributed by atoms with Crippen LogP contribution >= 0.6 is 0 Å². The van der Waals surface area contributed by atoms with Gasteiger partial charge in [0.25, 0.3) is 0 Å². The second kappa shape index (κ2) is 7.30. The van der Waals surface area contributed by atoms with E-state index in [2.05, 4.69) is 4.74 Å². The van der Waals surface area contributed by atoms with Gasteiger partial charge in [-0.2, -0.15) is 39.5 Å². The van der Waals surface area contributed by atoms with Gasteiger partial charge < -0.3 is 9.84 Å². The lowest BCUT2D eigenvalue weighted by atomic mass is 10.0. The molecule has 0 bridgehead atoms. The highest BCUT2D eigenvalue weighted by atomic mass is 19.4. The zero-order valence-corrected chi connectivity index (χ0v) is 14.0. The lowest BCUT2D eigenvalue weighted by molar-refractivity contribution is -0.397. The number of carbonyl (C=O) groups is 1. The Hall–Kier alpha value is -2.66. The van der Waals surface area contributed by atoms with E-state index >= 15 is 0 Å². The van der Waals surface area contributed by atoms with E-state index in [4.69, 9.17) is 0 Å². The molecule has 0 amide bonds. The van der Waals surface area contributed by atoms with Crippen molar-refractivity contribution in [3.8, 4) is 5.75 Å². The molecule has 0 aliphatic rings. The predicted molar refractivity (Wildman–Crippen MR) is 81.4 cm³/mol. The lowest BCUT2D eigenvalue weighted by Crippen LogP contribution is -2.61. The molecule has 0 aliphatic heterocycles. The van der Waals surface area contributed by atoms with Gasteiger partial charge in [-0.25, -0.2) is 4.79 Å². The molecule has 0 radical (unpaired) electrons. The summed E-state index contributed by atoms with van der Waals surface area (Å²) in [5, 5.41) is 10.2. The van der Waals surface area contributed by atoms with Gasteiger partial charge in [0.2, 0.25) is 0 Å². The van der Waals surface area contributed by atoms with E-state index in [1.54, 1.807) is 0 Å². The first-order valence-electron chi connectivity index (χ1n) is 7.70. The van der Waals surface area contributed by atoms with E-state index in [1.807, 2.05) is 0 Å². The highest BCUT2D eigenvalue weighted by Gasteiger charge is 2.81. The standard InChI is InChI=1S/C17H11F9O3/c18-14(19,15(20,21)16(22,23)17(24,25)26)5-6-29-13(28)11-2-1-10-8-12(27)4-3-9(10)7-11/h1-4,7-8,27H,5-6H2. The van der Waals surface area contributed by atoms with Gasteiger partial charge >= 0.3 is 29.9 Å². The fourth-order valence-corrected chi connectivity index (χ4v) is 2.28. The summed E-state index contributed by atoms with van der Waals surface area (Å²) >= 11 is 0. The average Bonchev–Trinajstić information content (AvgIpc) is 2.59. The minimum absolute atomic E-state index is 0.0772. The maximum atomic E-state index is 13.4. The number of carbonyl (C=O) groups excluding carboxylic acids is 1. The van der Waals surface area contributed by atoms with Crippen LogP contribution in [0.2, 0.25) is 0 Å². The number of esters is 1. The van der Waals surface area contributed by atoms with Crippen LogP contribution in [0.1, 0.15) is 16.8 Å². The second-order valence-electron chi connectivity index (χ2n) is 5.98. The molecule has 0 aliphatic carbocycles. The molecule has 2 aromatic rings. The van der Waals surface area contributed by atoms with Crippen molar-refractivity contribution < 1.29 is 54.2 Å². The molecule has 0 fully saturated rings. The second-order valence-corrected chi connectivity index (χ2v) is 5.98. The van der Waals surface area contributed by atoms with Crippen molar-refractivity contribution in [2.24, 2.45) is 0 Å². The van der Waals surface area contributed by atoms with Crippen molar-refractivity contribution in [3.05, 3.63) is 42.0 Å². The normalized spacial score (nSPS) is 13.6. The van der Waals surface area contributed by atoms with Crippen LogP contribution in [-0.4, -0.2) is 41.6 Å². The Labute approximate surface area is 156 Å². The molecule has 160 valence electrons. The number of fused-ring (bicyclic) bond motifs is 1. The minimum Gasteiger partial charge on any atom is -0.508 e. The van der Waals surface area contributed by atoms with E-state index in [1.165, 1.54) is 30.3 Å². The zero-order chi connectivity index (χ0) is 22.3. The largest absolute Gasteiger partial charge is 0.508 e. The van der Waals surface area contributed by atoms with Crippen LogP contribution in [0.5, 0.6) is 5.75 Å². The monoisotopic (exact) mass is 434 g/mol. The summed E-state index contributed by atoms with van der Waals surface area (Å²) < 4.78 is 119. The van der Waals surface area contributed by atoms with Gasteiger partial charge in [0.15, 0.2) is 0 Å². The fraction of sp³-hybridized carbons (Fsp3) is 0.353. The minimum atomic E-state index is -6.99. The molecular weight excluding hydrogens is 423 g/mol. The summed E-state index contributed by atoms with van der Waals surface area (Å²) in [5.74, 6) is -20.9. The topological polar surface area (TPSA) is 46.5 Å². The lowest BCUT2D eigenvalue weighted by Gasteiger charge is -2.33. The van der Waals surface area contributed by atoms with Crippen LogP contribution in [0.3, 0.4) is 0 Å². The molecule has 2 rings (SSSR count). The summed E-state index contributed by atoms with van der Waals surface area (Å²) in [6.45, 7) is -1.54. The van der Waals surface area contributed by atoms with Crippen LogP contribution in [0.25, 0.3) is 10.8 Å². The highest BCUT2D eigenvalue weighted by Crippen LogP contribution is 2.53. The van der Waals surface area contributed by atoms with Gasteiger partial charge in [0.05, 0.1) is 18.6 Å². The van der Waals surface area contributed by atoms with E-state index in [9.17, 15) is 49.4 Å². The number of alkyl halides is 9. The number of rotatable bonds is 6. The smallest absolute Gasteiger partial charge is 0.460 e. The van der Waals surface area contributed by atoms with Crippen molar-refractivity contribution in [1.82, 2.24) is 0 Å². The summed E-state index contributed by atoms with van der Waals surface area (Å²) in [5.41, 5.74) is -0.223. The summed E-state index contributed by atoms with van der Waals surface area (Å²) in [7, 11) is 0. The third-order valence-electron chi connectivity index (χ3n) is 3.92. The Morgan fingerprint density at radius 1 is 0.828 bits per heavy atom. The van der Waals surface area contributed by atoms with Crippen molar-refractivity contribution in [2.75, 3.05) is 6.61 Å². The van der Waals surface area contributed by atoms with E-state index in [-0.39, 0.29) is 11.3 Å². The Balaban J connectivity index is 2.08. The van der Waals surface area contributed by atoms with Crippen molar-refractivity contribution in [1.29, 1.82) is 0 Å². The van der Waals surface area contributed by atoms with Gasteiger partial charge in [0, 0.05) is 0 Å². The third-order valence-corrected chi connectivity index (χ3v) is 3.92. The van der Waals surface area contributed by atoms with Crippen molar-refractivity contribution >= 4 is 16.7 Å². The van der Waals surface area contributed by atoms with Gasteiger partial charge in [-0.3, -0.25) is 0 Å². The quantitative estimate of drug-likeness (QED) is 0.479. The van der Waals surface area contributed by atoms with Crippen LogP contribution in [0.4, 0.5) is 39.5 Å². The van der Waals surface area contributed by atoms with Gasteiger partial charge in [-0.05, 0) is 35.0 Å². The molecule has 0 unspecified atom stereocenters. The first-order valence-corrected chi connectivity index (χ1v) is 7.70. The van der Waals surface area contributed by atoms with Gasteiger partial charge in [-0.1, -0.05) is 12.1 Å². The molecule has 0 spiro atoms. The van der Waals surface area contributed by atoms with Gasteiger partial charge in [0.1, 0.15) is 5.75 Å². The van der Waals surface area contributed by atoms with Crippen molar-refractivity contribution in [2.45, 2.75) is 30.4 Å². The Morgan fingerprint density at radius 2 is 1.38 bits per heavy atom.